The highest BCUT2D eigenvalue weighted by atomic mass is 19.4. The summed E-state index contributed by atoms with van der Waals surface area (Å²) in [6.45, 7) is 3.20. The maximum atomic E-state index is 11.8. The molecular formula is C7H13F3O. The van der Waals surface area contributed by atoms with E-state index in [-0.39, 0.29) is 0 Å². The van der Waals surface area contributed by atoms with E-state index in [1.165, 1.54) is 6.92 Å². The molecule has 0 amide bonds. The van der Waals surface area contributed by atoms with Crippen molar-refractivity contribution in [1.29, 1.82) is 0 Å². The Hall–Kier alpha value is -0.250. The molecule has 0 aliphatic carbocycles. The average molecular weight is 170 g/mol. The first-order valence-corrected chi connectivity index (χ1v) is 3.64. The first-order valence-electron chi connectivity index (χ1n) is 3.64. The number of halogens is 3. The van der Waals surface area contributed by atoms with E-state index in [9.17, 15) is 13.2 Å². The molecule has 0 aliphatic rings. The number of alkyl halides is 3. The molecule has 0 radical (unpaired) electrons. The Bertz CT molecular complexity index is 111. The molecule has 4 heteroatoms. The number of hydrogen-bond acceptors (Lipinski definition) is 1. The van der Waals surface area contributed by atoms with E-state index in [4.69, 9.17) is 5.11 Å². The van der Waals surface area contributed by atoms with Gasteiger partial charge in [0.15, 0.2) is 6.10 Å². The van der Waals surface area contributed by atoms with Crippen LogP contribution in [0.25, 0.3) is 0 Å². The second kappa shape index (κ2) is 3.95. The minimum Gasteiger partial charge on any atom is -0.383 e. The van der Waals surface area contributed by atoms with Crippen LogP contribution in [0, 0.1) is 5.92 Å². The Balaban J connectivity index is 3.91. The lowest BCUT2D eigenvalue weighted by molar-refractivity contribution is -0.218. The molecule has 0 saturated heterocycles. The Labute approximate surface area is 64.2 Å². The fourth-order valence-corrected chi connectivity index (χ4v) is 0.936. The summed E-state index contributed by atoms with van der Waals surface area (Å²) in [6.07, 6.45) is -5.56. The van der Waals surface area contributed by atoms with Crippen LogP contribution >= 0.6 is 0 Å². The minimum absolute atomic E-state index is 0.403. The molecule has 0 aromatic heterocycles. The zero-order valence-electron chi connectivity index (χ0n) is 6.65. The fourth-order valence-electron chi connectivity index (χ4n) is 0.936. The van der Waals surface area contributed by atoms with Crippen LogP contribution in [-0.4, -0.2) is 17.4 Å². The van der Waals surface area contributed by atoms with E-state index in [1.807, 2.05) is 0 Å². The van der Waals surface area contributed by atoms with Crippen LogP contribution in [-0.2, 0) is 0 Å². The van der Waals surface area contributed by atoms with Gasteiger partial charge in [-0.25, -0.2) is 0 Å². The van der Waals surface area contributed by atoms with Crippen LogP contribution in [0.3, 0.4) is 0 Å². The fraction of sp³-hybridized carbons (Fsp3) is 1.00. The molecule has 2 atom stereocenters. The molecule has 0 spiro atoms. The van der Waals surface area contributed by atoms with Gasteiger partial charge >= 0.3 is 6.18 Å². The van der Waals surface area contributed by atoms with E-state index < -0.39 is 18.2 Å². The molecule has 11 heavy (non-hydrogen) atoms. The van der Waals surface area contributed by atoms with Gasteiger partial charge in [-0.1, -0.05) is 20.3 Å². The van der Waals surface area contributed by atoms with Crippen LogP contribution in [0.1, 0.15) is 26.7 Å². The van der Waals surface area contributed by atoms with Crippen molar-refractivity contribution >= 4 is 0 Å². The van der Waals surface area contributed by atoms with Gasteiger partial charge in [0, 0.05) is 0 Å². The standard InChI is InChI=1S/C7H13F3O/c1-3-4-5(2)6(11)7(8,9)10/h5-6,11H,3-4H2,1-2H3/t5?,6-/m1/s1. The average Bonchev–Trinajstić information content (AvgIpc) is 1.85. The molecule has 0 bridgehead atoms. The maximum Gasteiger partial charge on any atom is 0.414 e. The van der Waals surface area contributed by atoms with Crippen molar-refractivity contribution in [2.24, 2.45) is 5.92 Å². The van der Waals surface area contributed by atoms with Crippen LogP contribution in [0.5, 0.6) is 0 Å². The lowest BCUT2D eigenvalue weighted by Gasteiger charge is -2.20. The van der Waals surface area contributed by atoms with Crippen LogP contribution < -0.4 is 0 Å². The van der Waals surface area contributed by atoms with Crippen molar-refractivity contribution in [2.75, 3.05) is 0 Å². The van der Waals surface area contributed by atoms with Gasteiger partial charge in [0.25, 0.3) is 0 Å². The first kappa shape index (κ1) is 10.8. The van der Waals surface area contributed by atoms with Crippen molar-refractivity contribution in [1.82, 2.24) is 0 Å². The SMILES string of the molecule is CCCC(C)[C@@H](O)C(F)(F)F. The summed E-state index contributed by atoms with van der Waals surface area (Å²) in [4.78, 5) is 0. The van der Waals surface area contributed by atoms with E-state index in [1.54, 1.807) is 6.92 Å². The first-order chi connectivity index (χ1) is 4.89. The third-order valence-corrected chi connectivity index (χ3v) is 1.62. The van der Waals surface area contributed by atoms with Gasteiger partial charge in [-0.3, -0.25) is 0 Å². The molecule has 0 fully saturated rings. The Morgan fingerprint density at radius 2 is 1.82 bits per heavy atom. The predicted octanol–water partition coefficient (Wildman–Crippen LogP) is 2.35. The molecule has 0 aliphatic heterocycles. The number of aliphatic hydroxyl groups excluding tert-OH is 1. The largest absolute Gasteiger partial charge is 0.414 e. The number of rotatable bonds is 3. The minimum atomic E-state index is -4.46. The van der Waals surface area contributed by atoms with Gasteiger partial charge in [0.05, 0.1) is 0 Å². The van der Waals surface area contributed by atoms with Crippen LogP contribution in [0.4, 0.5) is 13.2 Å². The molecule has 0 saturated carbocycles. The molecule has 0 rings (SSSR count). The van der Waals surface area contributed by atoms with E-state index in [0.717, 1.165) is 0 Å². The zero-order valence-corrected chi connectivity index (χ0v) is 6.65. The summed E-state index contributed by atoms with van der Waals surface area (Å²) >= 11 is 0. The topological polar surface area (TPSA) is 20.2 Å². The third-order valence-electron chi connectivity index (χ3n) is 1.62. The van der Waals surface area contributed by atoms with Gasteiger partial charge in [-0.2, -0.15) is 13.2 Å². The quantitative estimate of drug-likeness (QED) is 0.689. The molecule has 1 nitrogen and oxygen atoms in total. The van der Waals surface area contributed by atoms with E-state index in [2.05, 4.69) is 0 Å². The summed E-state index contributed by atoms with van der Waals surface area (Å²) in [5.41, 5.74) is 0. The molecule has 0 aromatic carbocycles. The highest BCUT2D eigenvalue weighted by molar-refractivity contribution is 4.71. The molecular weight excluding hydrogens is 157 g/mol. The van der Waals surface area contributed by atoms with Gasteiger partial charge in [0.1, 0.15) is 0 Å². The van der Waals surface area contributed by atoms with Crippen LogP contribution in [0.15, 0.2) is 0 Å². The van der Waals surface area contributed by atoms with Gasteiger partial charge in [0.2, 0.25) is 0 Å². The molecule has 1 unspecified atom stereocenters. The van der Waals surface area contributed by atoms with Gasteiger partial charge in [-0.05, 0) is 12.3 Å². The predicted molar refractivity (Wildman–Crippen MR) is 36.1 cm³/mol. The smallest absolute Gasteiger partial charge is 0.383 e. The molecule has 68 valence electrons. The van der Waals surface area contributed by atoms with Crippen molar-refractivity contribution in [3.63, 3.8) is 0 Å². The normalized spacial score (nSPS) is 18.0. The zero-order chi connectivity index (χ0) is 9.07. The van der Waals surface area contributed by atoms with Crippen molar-refractivity contribution in [2.45, 2.75) is 39.0 Å². The maximum absolute atomic E-state index is 11.8. The summed E-state index contributed by atoms with van der Waals surface area (Å²) in [5, 5.41) is 8.66. The van der Waals surface area contributed by atoms with Crippen molar-refractivity contribution < 1.29 is 18.3 Å². The van der Waals surface area contributed by atoms with Crippen LogP contribution in [0.2, 0.25) is 0 Å². The molecule has 0 heterocycles. The monoisotopic (exact) mass is 170 g/mol. The Kier molecular flexibility index (Phi) is 3.86. The molecule has 1 N–H and O–H groups in total. The van der Waals surface area contributed by atoms with E-state index in [0.29, 0.717) is 12.8 Å². The van der Waals surface area contributed by atoms with Crippen molar-refractivity contribution in [3.05, 3.63) is 0 Å². The van der Waals surface area contributed by atoms with Gasteiger partial charge in [-0.15, -0.1) is 0 Å². The lowest BCUT2D eigenvalue weighted by Crippen LogP contribution is -2.34. The van der Waals surface area contributed by atoms with E-state index >= 15 is 0 Å². The molecule has 0 aromatic rings. The summed E-state index contributed by atoms with van der Waals surface area (Å²) in [5.74, 6) is -0.694. The Morgan fingerprint density at radius 1 is 1.36 bits per heavy atom. The van der Waals surface area contributed by atoms with Crippen molar-refractivity contribution in [3.8, 4) is 0 Å². The summed E-state index contributed by atoms with van der Waals surface area (Å²) in [6, 6.07) is 0. The Morgan fingerprint density at radius 3 is 2.09 bits per heavy atom. The summed E-state index contributed by atoms with van der Waals surface area (Å²) < 4.78 is 35.3. The number of aliphatic hydroxyl groups is 1. The second-order valence-electron chi connectivity index (χ2n) is 2.75. The number of hydrogen-bond donors (Lipinski definition) is 1. The highest BCUT2D eigenvalue weighted by Gasteiger charge is 2.41. The second-order valence-corrected chi connectivity index (χ2v) is 2.75. The van der Waals surface area contributed by atoms with Gasteiger partial charge < -0.3 is 5.11 Å². The summed E-state index contributed by atoms with van der Waals surface area (Å²) in [7, 11) is 0. The third kappa shape index (κ3) is 3.60. The highest BCUT2D eigenvalue weighted by Crippen LogP contribution is 2.27. The lowest BCUT2D eigenvalue weighted by atomic mass is 9.99.